The Labute approximate surface area is 114 Å². The van der Waals surface area contributed by atoms with Crippen LogP contribution in [0.3, 0.4) is 0 Å². The Kier molecular flexibility index (Phi) is 6.74. The van der Waals surface area contributed by atoms with Gasteiger partial charge in [-0.25, -0.2) is 0 Å². The number of ether oxygens (including phenoxy) is 2. The molecule has 19 heavy (non-hydrogen) atoms. The van der Waals surface area contributed by atoms with Crippen LogP contribution in [0, 0.1) is 0 Å². The first-order chi connectivity index (χ1) is 9.21. The summed E-state index contributed by atoms with van der Waals surface area (Å²) >= 11 is 0. The van der Waals surface area contributed by atoms with E-state index in [0.717, 1.165) is 17.7 Å². The summed E-state index contributed by atoms with van der Waals surface area (Å²) in [5.74, 6) is 1.32. The Morgan fingerprint density at radius 1 is 1.42 bits per heavy atom. The predicted molar refractivity (Wildman–Crippen MR) is 74.5 cm³/mol. The fourth-order valence-corrected chi connectivity index (χ4v) is 1.63. The molecule has 0 aliphatic heterocycles. The van der Waals surface area contributed by atoms with Gasteiger partial charge in [0.1, 0.15) is 11.5 Å². The lowest BCUT2D eigenvalue weighted by atomic mass is 10.1. The molecule has 0 saturated heterocycles. The predicted octanol–water partition coefficient (Wildman–Crippen LogP) is 1.10. The molecule has 0 aliphatic carbocycles. The maximum atomic E-state index is 11.5. The van der Waals surface area contributed by atoms with E-state index in [4.69, 9.17) is 15.2 Å². The summed E-state index contributed by atoms with van der Waals surface area (Å²) in [6.45, 7) is 3.21. The van der Waals surface area contributed by atoms with E-state index in [2.05, 4.69) is 5.32 Å². The molecule has 0 saturated carbocycles. The van der Waals surface area contributed by atoms with Gasteiger partial charge in [0.05, 0.1) is 7.11 Å². The van der Waals surface area contributed by atoms with Crippen LogP contribution < -0.4 is 20.5 Å². The Balaban J connectivity index is 2.63. The van der Waals surface area contributed by atoms with E-state index in [1.165, 1.54) is 0 Å². The standard InChI is InChI=1S/C14H22N2O3/c1-3-8-16-14(17)10-19-13-5-4-12(18-2)9-11(13)6-7-15/h4-5,9H,3,6-8,10,15H2,1-2H3,(H,16,17). The monoisotopic (exact) mass is 266 g/mol. The second-order valence-electron chi connectivity index (χ2n) is 4.15. The van der Waals surface area contributed by atoms with Crippen molar-refractivity contribution in [2.45, 2.75) is 19.8 Å². The summed E-state index contributed by atoms with van der Waals surface area (Å²) in [6.07, 6.45) is 1.59. The molecule has 0 heterocycles. The third kappa shape index (κ3) is 5.18. The maximum absolute atomic E-state index is 11.5. The van der Waals surface area contributed by atoms with Crippen LogP contribution >= 0.6 is 0 Å². The average Bonchev–Trinajstić information content (AvgIpc) is 2.43. The van der Waals surface area contributed by atoms with E-state index < -0.39 is 0 Å². The highest BCUT2D eigenvalue weighted by Crippen LogP contribution is 2.24. The highest BCUT2D eigenvalue weighted by atomic mass is 16.5. The number of methoxy groups -OCH3 is 1. The minimum absolute atomic E-state index is 0.0178. The van der Waals surface area contributed by atoms with Crippen LogP contribution in [0.5, 0.6) is 11.5 Å². The Hall–Kier alpha value is -1.75. The van der Waals surface area contributed by atoms with Crippen molar-refractivity contribution in [3.8, 4) is 11.5 Å². The third-order valence-corrected chi connectivity index (χ3v) is 2.61. The number of benzene rings is 1. The molecule has 1 aromatic rings. The van der Waals surface area contributed by atoms with Gasteiger partial charge in [0.2, 0.25) is 0 Å². The van der Waals surface area contributed by atoms with Crippen LogP contribution in [0.4, 0.5) is 0 Å². The normalized spacial score (nSPS) is 10.1. The van der Waals surface area contributed by atoms with Crippen molar-refractivity contribution in [1.82, 2.24) is 5.32 Å². The third-order valence-electron chi connectivity index (χ3n) is 2.61. The Bertz CT molecular complexity index is 408. The largest absolute Gasteiger partial charge is 0.497 e. The molecular weight excluding hydrogens is 244 g/mol. The van der Waals surface area contributed by atoms with Crippen molar-refractivity contribution in [1.29, 1.82) is 0 Å². The maximum Gasteiger partial charge on any atom is 0.257 e. The fraction of sp³-hybridized carbons (Fsp3) is 0.500. The molecule has 0 aromatic heterocycles. The molecule has 0 fully saturated rings. The molecule has 1 rings (SSSR count). The van der Waals surface area contributed by atoms with Gasteiger partial charge >= 0.3 is 0 Å². The summed E-state index contributed by atoms with van der Waals surface area (Å²) in [5, 5.41) is 2.76. The number of carbonyl (C=O) groups is 1. The summed E-state index contributed by atoms with van der Waals surface area (Å²) in [5.41, 5.74) is 6.52. The SMILES string of the molecule is CCCNC(=O)COc1ccc(OC)cc1CCN. The van der Waals surface area contributed by atoms with Gasteiger partial charge in [-0.15, -0.1) is 0 Å². The molecule has 0 aliphatic rings. The molecule has 5 heteroatoms. The first-order valence-corrected chi connectivity index (χ1v) is 6.47. The quantitative estimate of drug-likeness (QED) is 0.739. The van der Waals surface area contributed by atoms with Gasteiger partial charge in [-0.2, -0.15) is 0 Å². The Morgan fingerprint density at radius 3 is 2.84 bits per heavy atom. The second kappa shape index (κ2) is 8.37. The van der Waals surface area contributed by atoms with Crippen molar-refractivity contribution >= 4 is 5.91 Å². The Morgan fingerprint density at radius 2 is 2.21 bits per heavy atom. The molecule has 0 atom stereocenters. The van der Waals surface area contributed by atoms with Crippen LogP contribution in [-0.4, -0.2) is 32.7 Å². The van der Waals surface area contributed by atoms with Gasteiger partial charge in [-0.1, -0.05) is 6.92 Å². The van der Waals surface area contributed by atoms with Gasteiger partial charge in [0, 0.05) is 6.54 Å². The van der Waals surface area contributed by atoms with E-state index in [0.29, 0.717) is 25.3 Å². The van der Waals surface area contributed by atoms with Gasteiger partial charge in [0.25, 0.3) is 5.91 Å². The number of rotatable bonds is 8. The molecule has 3 N–H and O–H groups in total. The van der Waals surface area contributed by atoms with Crippen LogP contribution in [0.15, 0.2) is 18.2 Å². The van der Waals surface area contributed by atoms with Gasteiger partial charge in [-0.05, 0) is 43.1 Å². The van der Waals surface area contributed by atoms with Gasteiger partial charge < -0.3 is 20.5 Å². The van der Waals surface area contributed by atoms with E-state index >= 15 is 0 Å². The first-order valence-electron chi connectivity index (χ1n) is 6.47. The lowest BCUT2D eigenvalue weighted by Gasteiger charge is -2.12. The molecule has 0 radical (unpaired) electrons. The van der Waals surface area contributed by atoms with Crippen LogP contribution in [0.1, 0.15) is 18.9 Å². The minimum Gasteiger partial charge on any atom is -0.497 e. The van der Waals surface area contributed by atoms with Crippen LogP contribution in [0.25, 0.3) is 0 Å². The van der Waals surface area contributed by atoms with Crippen LogP contribution in [0.2, 0.25) is 0 Å². The molecule has 5 nitrogen and oxygen atoms in total. The number of nitrogens with one attached hydrogen (secondary N) is 1. The van der Waals surface area contributed by atoms with E-state index in [1.54, 1.807) is 19.2 Å². The molecule has 1 amide bonds. The molecule has 0 spiro atoms. The number of hydrogen-bond acceptors (Lipinski definition) is 4. The molecule has 0 unspecified atom stereocenters. The topological polar surface area (TPSA) is 73.6 Å². The zero-order valence-electron chi connectivity index (χ0n) is 11.6. The highest BCUT2D eigenvalue weighted by molar-refractivity contribution is 5.77. The minimum atomic E-state index is -0.114. The smallest absolute Gasteiger partial charge is 0.257 e. The number of nitrogens with two attached hydrogens (primary N) is 1. The van der Waals surface area contributed by atoms with Crippen LogP contribution in [-0.2, 0) is 11.2 Å². The zero-order valence-corrected chi connectivity index (χ0v) is 11.6. The number of carbonyl (C=O) groups excluding carboxylic acids is 1. The van der Waals surface area contributed by atoms with Crippen molar-refractivity contribution < 1.29 is 14.3 Å². The van der Waals surface area contributed by atoms with Crippen molar-refractivity contribution in [2.24, 2.45) is 5.73 Å². The van der Waals surface area contributed by atoms with Gasteiger partial charge in [0.15, 0.2) is 6.61 Å². The lowest BCUT2D eigenvalue weighted by molar-refractivity contribution is -0.123. The van der Waals surface area contributed by atoms with E-state index in [-0.39, 0.29) is 12.5 Å². The van der Waals surface area contributed by atoms with E-state index in [1.807, 2.05) is 13.0 Å². The number of hydrogen-bond donors (Lipinski definition) is 2. The second-order valence-corrected chi connectivity index (χ2v) is 4.15. The van der Waals surface area contributed by atoms with E-state index in [9.17, 15) is 4.79 Å². The summed E-state index contributed by atoms with van der Waals surface area (Å²) in [4.78, 5) is 11.5. The summed E-state index contributed by atoms with van der Waals surface area (Å²) in [7, 11) is 1.61. The zero-order chi connectivity index (χ0) is 14.1. The molecule has 1 aromatic carbocycles. The fourth-order valence-electron chi connectivity index (χ4n) is 1.63. The number of amides is 1. The first kappa shape index (κ1) is 15.3. The molecule has 0 bridgehead atoms. The average molecular weight is 266 g/mol. The summed E-state index contributed by atoms with van der Waals surface area (Å²) < 4.78 is 10.7. The van der Waals surface area contributed by atoms with Gasteiger partial charge in [-0.3, -0.25) is 4.79 Å². The van der Waals surface area contributed by atoms with Crippen molar-refractivity contribution in [3.05, 3.63) is 23.8 Å². The molecule has 106 valence electrons. The highest BCUT2D eigenvalue weighted by Gasteiger charge is 2.07. The van der Waals surface area contributed by atoms with Crippen molar-refractivity contribution in [2.75, 3.05) is 26.8 Å². The molecular formula is C14H22N2O3. The lowest BCUT2D eigenvalue weighted by Crippen LogP contribution is -2.29. The summed E-state index contributed by atoms with van der Waals surface area (Å²) in [6, 6.07) is 5.49. The van der Waals surface area contributed by atoms with Crippen molar-refractivity contribution in [3.63, 3.8) is 0 Å².